The van der Waals surface area contributed by atoms with Crippen molar-refractivity contribution in [2.45, 2.75) is 53.9 Å². The Morgan fingerprint density at radius 1 is 1.20 bits per heavy atom. The smallest absolute Gasteiger partial charge is 0.248 e. The molecule has 1 aromatic carbocycles. The number of hydrogen-bond donors (Lipinski definition) is 2. The minimum absolute atomic E-state index is 0.0608. The highest BCUT2D eigenvalue weighted by Gasteiger charge is 2.26. The lowest BCUT2D eigenvalue weighted by molar-refractivity contribution is -0.112. The number of rotatable bonds is 6. The summed E-state index contributed by atoms with van der Waals surface area (Å²) in [5.74, 6) is -0.369. The topological polar surface area (TPSA) is 49.3 Å². The number of phenols is 1. The van der Waals surface area contributed by atoms with Crippen LogP contribution in [-0.4, -0.2) is 11.0 Å². The number of carbonyl (C=O) groups is 1. The van der Waals surface area contributed by atoms with Crippen LogP contribution < -0.4 is 5.32 Å². The van der Waals surface area contributed by atoms with Crippen LogP contribution in [0.5, 0.6) is 5.75 Å². The fourth-order valence-electron chi connectivity index (χ4n) is 3.67. The fourth-order valence-corrected chi connectivity index (χ4v) is 3.83. The van der Waals surface area contributed by atoms with Crippen LogP contribution in [0.1, 0.15) is 53.9 Å². The molecule has 1 aliphatic carbocycles. The predicted molar refractivity (Wildman–Crippen MR) is 128 cm³/mol. The van der Waals surface area contributed by atoms with E-state index < -0.39 is 0 Å². The van der Waals surface area contributed by atoms with Crippen LogP contribution in [0.2, 0.25) is 5.02 Å². The lowest BCUT2D eigenvalue weighted by atomic mass is 9.72. The van der Waals surface area contributed by atoms with E-state index in [4.69, 9.17) is 11.6 Å². The van der Waals surface area contributed by atoms with E-state index >= 15 is 0 Å². The zero-order chi connectivity index (χ0) is 22.3. The molecule has 0 radical (unpaired) electrons. The number of hydrogen-bond acceptors (Lipinski definition) is 2. The van der Waals surface area contributed by atoms with Crippen molar-refractivity contribution < 1.29 is 9.90 Å². The van der Waals surface area contributed by atoms with Gasteiger partial charge in [-0.1, -0.05) is 67.0 Å². The van der Waals surface area contributed by atoms with Crippen LogP contribution in [0.15, 0.2) is 76.9 Å². The fraction of sp³-hybridized carbons (Fsp3) is 0.346. The van der Waals surface area contributed by atoms with Crippen molar-refractivity contribution in [1.82, 2.24) is 0 Å². The van der Waals surface area contributed by atoms with E-state index in [9.17, 15) is 9.90 Å². The molecule has 0 spiro atoms. The third-order valence-electron chi connectivity index (χ3n) is 5.35. The Labute approximate surface area is 185 Å². The molecule has 160 valence electrons. The van der Waals surface area contributed by atoms with E-state index in [2.05, 4.69) is 45.2 Å². The molecule has 1 aliphatic rings. The minimum Gasteiger partial charge on any atom is -0.506 e. The zero-order valence-electron chi connectivity index (χ0n) is 18.6. The van der Waals surface area contributed by atoms with Gasteiger partial charge in [-0.05, 0) is 68.7 Å². The summed E-state index contributed by atoms with van der Waals surface area (Å²) in [6.07, 6.45) is 15.4. The Balaban J connectivity index is 1.98. The van der Waals surface area contributed by atoms with Gasteiger partial charge in [-0.2, -0.15) is 0 Å². The molecule has 0 saturated heterocycles. The van der Waals surface area contributed by atoms with Gasteiger partial charge in [-0.3, -0.25) is 4.79 Å². The van der Waals surface area contributed by atoms with E-state index in [1.165, 1.54) is 42.6 Å². The Bertz CT molecular complexity index is 946. The summed E-state index contributed by atoms with van der Waals surface area (Å²) in [4.78, 5) is 12.1. The summed E-state index contributed by atoms with van der Waals surface area (Å²) < 4.78 is 0. The number of anilines is 1. The van der Waals surface area contributed by atoms with Crippen LogP contribution in [0, 0.1) is 5.41 Å². The molecule has 1 amide bonds. The van der Waals surface area contributed by atoms with E-state index in [1.54, 1.807) is 12.1 Å². The first-order chi connectivity index (χ1) is 14.1. The standard InChI is InChI=1S/C26H32ClNO2/c1-18(11-13-22-20(3)10-7-15-26(22,4)5)8-6-9-19(2)16-25(30)28-23-14-12-21(27)17-24(23)29/h6,8-9,11-14,16-17,29H,7,10,15H2,1-5H3,(H,28,30)/b9-6+,13-11+,18-8+,19-16+. The predicted octanol–water partition coefficient (Wildman–Crippen LogP) is 7.52. The number of nitrogens with one attached hydrogen (secondary N) is 1. The van der Waals surface area contributed by atoms with E-state index in [1.807, 2.05) is 25.2 Å². The average Bonchev–Trinajstić information content (AvgIpc) is 2.63. The van der Waals surface area contributed by atoms with Crippen molar-refractivity contribution in [2.24, 2.45) is 5.41 Å². The molecule has 30 heavy (non-hydrogen) atoms. The number of halogens is 1. The number of carbonyl (C=O) groups excluding carboxylic acids is 1. The Morgan fingerprint density at radius 3 is 2.60 bits per heavy atom. The van der Waals surface area contributed by atoms with Gasteiger partial charge < -0.3 is 10.4 Å². The molecule has 1 aromatic rings. The van der Waals surface area contributed by atoms with Crippen LogP contribution >= 0.6 is 11.6 Å². The molecule has 2 N–H and O–H groups in total. The first kappa shape index (κ1) is 23.8. The SMILES string of the molecule is CC1=C(/C=C/C(C)=C/C=C/C(C)=C/C(=O)Nc2ccc(Cl)cc2O)C(C)(C)CCC1. The Hall–Kier alpha value is -2.52. The third kappa shape index (κ3) is 7.07. The summed E-state index contributed by atoms with van der Waals surface area (Å²) in [6.45, 7) is 10.8. The summed E-state index contributed by atoms with van der Waals surface area (Å²) in [5, 5.41) is 12.9. The molecule has 0 fully saturated rings. The molecule has 4 heteroatoms. The normalized spacial score (nSPS) is 17.8. The Kier molecular flexibility index (Phi) is 8.31. The average molecular weight is 426 g/mol. The molecule has 0 bridgehead atoms. The van der Waals surface area contributed by atoms with Gasteiger partial charge in [0.1, 0.15) is 5.75 Å². The van der Waals surface area contributed by atoms with Crippen LogP contribution in [0.3, 0.4) is 0 Å². The highest BCUT2D eigenvalue weighted by Crippen LogP contribution is 2.40. The molecule has 0 heterocycles. The van der Waals surface area contributed by atoms with Crippen LogP contribution in [0.4, 0.5) is 5.69 Å². The molecular formula is C26H32ClNO2. The van der Waals surface area contributed by atoms with Crippen molar-refractivity contribution in [3.05, 3.63) is 82.0 Å². The minimum atomic E-state index is -0.308. The quantitative estimate of drug-likeness (QED) is 0.281. The summed E-state index contributed by atoms with van der Waals surface area (Å²) >= 11 is 5.80. The molecule has 0 atom stereocenters. The number of amides is 1. The number of aromatic hydroxyl groups is 1. The van der Waals surface area contributed by atoms with Gasteiger partial charge in [0.25, 0.3) is 0 Å². The summed E-state index contributed by atoms with van der Waals surface area (Å²) in [7, 11) is 0. The lowest BCUT2D eigenvalue weighted by Gasteiger charge is -2.32. The van der Waals surface area contributed by atoms with Crippen molar-refractivity contribution >= 4 is 23.2 Å². The molecule has 2 rings (SSSR count). The maximum atomic E-state index is 12.1. The zero-order valence-corrected chi connectivity index (χ0v) is 19.3. The van der Waals surface area contributed by atoms with E-state index in [-0.39, 0.29) is 17.1 Å². The van der Waals surface area contributed by atoms with Crippen molar-refractivity contribution in [3.8, 4) is 5.75 Å². The third-order valence-corrected chi connectivity index (χ3v) is 5.59. The number of allylic oxidation sites excluding steroid dienone is 9. The molecule has 0 saturated carbocycles. The van der Waals surface area contributed by atoms with Gasteiger partial charge in [0.15, 0.2) is 0 Å². The highest BCUT2D eigenvalue weighted by molar-refractivity contribution is 6.30. The molecule has 0 aliphatic heterocycles. The maximum absolute atomic E-state index is 12.1. The molecule has 0 aromatic heterocycles. The van der Waals surface area contributed by atoms with E-state index in [0.29, 0.717) is 10.7 Å². The van der Waals surface area contributed by atoms with Crippen molar-refractivity contribution in [2.75, 3.05) is 5.32 Å². The van der Waals surface area contributed by atoms with Gasteiger partial charge in [0.2, 0.25) is 5.91 Å². The Morgan fingerprint density at radius 2 is 1.93 bits per heavy atom. The van der Waals surface area contributed by atoms with Crippen LogP contribution in [0.25, 0.3) is 0 Å². The van der Waals surface area contributed by atoms with Gasteiger partial charge >= 0.3 is 0 Å². The lowest BCUT2D eigenvalue weighted by Crippen LogP contribution is -2.19. The monoisotopic (exact) mass is 425 g/mol. The van der Waals surface area contributed by atoms with Gasteiger partial charge in [-0.15, -0.1) is 0 Å². The first-order valence-electron chi connectivity index (χ1n) is 10.3. The van der Waals surface area contributed by atoms with Crippen molar-refractivity contribution in [3.63, 3.8) is 0 Å². The van der Waals surface area contributed by atoms with E-state index in [0.717, 1.165) is 11.1 Å². The molecule has 3 nitrogen and oxygen atoms in total. The highest BCUT2D eigenvalue weighted by atomic mass is 35.5. The largest absolute Gasteiger partial charge is 0.506 e. The second kappa shape index (κ2) is 10.5. The van der Waals surface area contributed by atoms with Gasteiger partial charge in [0.05, 0.1) is 5.69 Å². The van der Waals surface area contributed by atoms with Crippen LogP contribution in [-0.2, 0) is 4.79 Å². The summed E-state index contributed by atoms with van der Waals surface area (Å²) in [6, 6.07) is 4.57. The molecular weight excluding hydrogens is 394 g/mol. The summed E-state index contributed by atoms with van der Waals surface area (Å²) in [5.41, 5.74) is 5.46. The number of phenolic OH excluding ortho intramolecular Hbond substituents is 1. The molecule has 0 unspecified atom stereocenters. The second-order valence-corrected chi connectivity index (χ2v) is 9.01. The van der Waals surface area contributed by atoms with Gasteiger partial charge in [0, 0.05) is 17.2 Å². The first-order valence-corrected chi connectivity index (χ1v) is 10.7. The van der Waals surface area contributed by atoms with Crippen molar-refractivity contribution in [1.29, 1.82) is 0 Å². The number of benzene rings is 1. The van der Waals surface area contributed by atoms with Gasteiger partial charge in [-0.25, -0.2) is 0 Å². The maximum Gasteiger partial charge on any atom is 0.248 e. The second-order valence-electron chi connectivity index (χ2n) is 8.57.